The largest absolute Gasteiger partial charge is 0.382 e. The van der Waals surface area contributed by atoms with E-state index < -0.39 is 0 Å². The normalized spacial score (nSPS) is 13.9. The summed E-state index contributed by atoms with van der Waals surface area (Å²) < 4.78 is 0. The first-order chi connectivity index (χ1) is 9.96. The van der Waals surface area contributed by atoms with Gasteiger partial charge in [-0.15, -0.1) is 22.9 Å². The van der Waals surface area contributed by atoms with Gasteiger partial charge in [0.05, 0.1) is 12.2 Å². The Hall–Kier alpha value is -1.24. The van der Waals surface area contributed by atoms with Crippen LogP contribution in [0.15, 0.2) is 33.3 Å². The molecule has 1 aromatic rings. The van der Waals surface area contributed by atoms with Gasteiger partial charge in [-0.2, -0.15) is 4.99 Å². The second-order valence-electron chi connectivity index (χ2n) is 4.34. The van der Waals surface area contributed by atoms with Crippen LogP contribution in [0.3, 0.4) is 0 Å². The van der Waals surface area contributed by atoms with Crippen LogP contribution in [0, 0.1) is 5.92 Å². The molecule has 116 valence electrons. The summed E-state index contributed by atoms with van der Waals surface area (Å²) in [6.45, 7) is 4.46. The predicted octanol–water partition coefficient (Wildman–Crippen LogP) is 3.04. The molecule has 21 heavy (non-hydrogen) atoms. The van der Waals surface area contributed by atoms with Gasteiger partial charge in [-0.3, -0.25) is 0 Å². The Kier molecular flexibility index (Phi) is 7.56. The molecule has 0 spiro atoms. The fourth-order valence-corrected chi connectivity index (χ4v) is 2.40. The Balaban J connectivity index is 2.75. The first-order valence-electron chi connectivity index (χ1n) is 6.33. The second kappa shape index (κ2) is 8.92. The molecule has 1 aromatic heterocycles. The summed E-state index contributed by atoms with van der Waals surface area (Å²) in [5, 5.41) is 6.40. The van der Waals surface area contributed by atoms with Crippen molar-refractivity contribution in [2.75, 3.05) is 5.88 Å². The first-order valence-corrected chi connectivity index (χ1v) is 8.12. The summed E-state index contributed by atoms with van der Waals surface area (Å²) >= 11 is 13.3. The number of thiazole rings is 1. The van der Waals surface area contributed by atoms with Gasteiger partial charge in [0.2, 0.25) is 5.13 Å². The highest BCUT2D eigenvalue weighted by Gasteiger charge is 2.09. The third-order valence-electron chi connectivity index (χ3n) is 2.57. The van der Waals surface area contributed by atoms with Crippen LogP contribution in [0.25, 0.3) is 0 Å². The summed E-state index contributed by atoms with van der Waals surface area (Å²) in [6, 6.07) is 0. The van der Waals surface area contributed by atoms with Crippen LogP contribution in [0.1, 0.15) is 19.5 Å². The predicted molar refractivity (Wildman–Crippen MR) is 92.0 cm³/mol. The molecule has 0 aliphatic carbocycles. The van der Waals surface area contributed by atoms with Gasteiger partial charge in [0.15, 0.2) is 5.96 Å². The van der Waals surface area contributed by atoms with Crippen molar-refractivity contribution >= 4 is 45.6 Å². The van der Waals surface area contributed by atoms with E-state index in [-0.39, 0.29) is 11.9 Å². The number of aliphatic imine (C=N–C) groups is 1. The topological polar surface area (TPSA) is 89.3 Å². The first kappa shape index (κ1) is 17.8. The number of nitrogens with one attached hydrogen (secondary N) is 1. The molecule has 5 N–H and O–H groups in total. The smallest absolute Gasteiger partial charge is 0.212 e. The molecule has 0 aliphatic heterocycles. The van der Waals surface area contributed by atoms with Crippen LogP contribution in [-0.2, 0) is 6.54 Å². The van der Waals surface area contributed by atoms with E-state index in [9.17, 15) is 0 Å². The summed E-state index contributed by atoms with van der Waals surface area (Å²) in [6.07, 6.45) is 3.70. The van der Waals surface area contributed by atoms with E-state index in [1.54, 1.807) is 0 Å². The number of halogens is 2. The van der Waals surface area contributed by atoms with Crippen molar-refractivity contribution in [3.8, 4) is 0 Å². The van der Waals surface area contributed by atoms with E-state index in [4.69, 9.17) is 34.7 Å². The monoisotopic (exact) mass is 347 g/mol. The van der Waals surface area contributed by atoms with E-state index in [0.717, 1.165) is 11.4 Å². The van der Waals surface area contributed by atoms with Crippen LogP contribution >= 0.6 is 34.5 Å². The SMILES string of the molecule is C/C=C(Cl)\C=C(\NCc1csc(N=C(N)N)n1)C(C)CCl. The van der Waals surface area contributed by atoms with Gasteiger partial charge in [-0.05, 0) is 13.0 Å². The fourth-order valence-electron chi connectivity index (χ4n) is 1.41. The minimum absolute atomic E-state index is 0.0000658. The van der Waals surface area contributed by atoms with Gasteiger partial charge >= 0.3 is 0 Å². The van der Waals surface area contributed by atoms with Gasteiger partial charge in [0.1, 0.15) is 0 Å². The minimum Gasteiger partial charge on any atom is -0.382 e. The van der Waals surface area contributed by atoms with E-state index in [2.05, 4.69) is 15.3 Å². The van der Waals surface area contributed by atoms with Crippen molar-refractivity contribution in [1.82, 2.24) is 10.3 Å². The molecule has 0 aromatic carbocycles. The molecule has 0 bridgehead atoms. The van der Waals surface area contributed by atoms with Crippen LogP contribution in [0.5, 0.6) is 0 Å². The maximum Gasteiger partial charge on any atom is 0.212 e. The molecule has 0 aliphatic rings. The Morgan fingerprint density at radius 1 is 1.57 bits per heavy atom. The Bertz CT molecular complexity index is 547. The lowest BCUT2D eigenvalue weighted by Crippen LogP contribution is -2.22. The highest BCUT2D eigenvalue weighted by Crippen LogP contribution is 2.20. The maximum atomic E-state index is 6.05. The number of alkyl halides is 1. The molecule has 8 heteroatoms. The van der Waals surface area contributed by atoms with Crippen LogP contribution in [0.2, 0.25) is 0 Å². The number of rotatable bonds is 7. The summed E-state index contributed by atoms with van der Waals surface area (Å²) in [5.41, 5.74) is 12.4. The standard InChI is InChI=1S/C13H19Cl2N5S/c1-3-9(15)4-11(8(2)5-14)18-6-10-7-21-13(19-10)20-12(16)17/h3-4,7-8,18H,5-6H2,1-2H3,(H4,16,17,19,20)/b9-3+,11-4+. The van der Waals surface area contributed by atoms with Crippen molar-refractivity contribution in [1.29, 1.82) is 0 Å². The second-order valence-corrected chi connectivity index (χ2v) is 5.92. The Morgan fingerprint density at radius 3 is 2.86 bits per heavy atom. The van der Waals surface area contributed by atoms with Gasteiger partial charge in [-0.1, -0.05) is 24.6 Å². The quantitative estimate of drug-likeness (QED) is 0.306. The van der Waals surface area contributed by atoms with Crippen LogP contribution in [-0.4, -0.2) is 16.8 Å². The molecule has 1 atom stereocenters. The van der Waals surface area contributed by atoms with Crippen molar-refractivity contribution in [2.45, 2.75) is 20.4 Å². The molecule has 1 unspecified atom stereocenters. The van der Waals surface area contributed by atoms with Gasteiger partial charge in [-0.25, -0.2) is 4.98 Å². The lowest BCUT2D eigenvalue weighted by molar-refractivity contribution is 0.651. The van der Waals surface area contributed by atoms with Gasteiger partial charge < -0.3 is 16.8 Å². The number of nitrogens with two attached hydrogens (primary N) is 2. The highest BCUT2D eigenvalue weighted by molar-refractivity contribution is 7.13. The average molecular weight is 348 g/mol. The zero-order chi connectivity index (χ0) is 15.8. The van der Waals surface area contributed by atoms with Crippen LogP contribution < -0.4 is 16.8 Å². The molecular formula is C13H19Cl2N5S. The number of hydrogen-bond donors (Lipinski definition) is 3. The van der Waals surface area contributed by atoms with E-state index in [0.29, 0.717) is 22.6 Å². The minimum atomic E-state index is 0.0000658. The van der Waals surface area contributed by atoms with E-state index in [1.165, 1.54) is 11.3 Å². The third-order valence-corrected chi connectivity index (χ3v) is 4.14. The van der Waals surface area contributed by atoms with Crippen molar-refractivity contribution in [3.05, 3.63) is 34.0 Å². The lowest BCUT2D eigenvalue weighted by atomic mass is 10.1. The zero-order valence-electron chi connectivity index (χ0n) is 11.9. The number of nitrogens with zero attached hydrogens (tertiary/aromatic N) is 2. The van der Waals surface area contributed by atoms with Gasteiger partial charge in [0, 0.05) is 27.9 Å². The number of aromatic nitrogens is 1. The molecule has 0 amide bonds. The van der Waals surface area contributed by atoms with Crippen molar-refractivity contribution < 1.29 is 0 Å². The van der Waals surface area contributed by atoms with E-state index >= 15 is 0 Å². The maximum absolute atomic E-state index is 6.05. The fraction of sp³-hybridized carbons (Fsp3) is 0.385. The van der Waals surface area contributed by atoms with E-state index in [1.807, 2.05) is 31.4 Å². The third kappa shape index (κ3) is 6.37. The van der Waals surface area contributed by atoms with Crippen LogP contribution in [0.4, 0.5) is 5.13 Å². The average Bonchev–Trinajstić information content (AvgIpc) is 2.88. The summed E-state index contributed by atoms with van der Waals surface area (Å²) in [5.74, 6) is 0.666. The summed E-state index contributed by atoms with van der Waals surface area (Å²) in [7, 11) is 0. The number of guanidine groups is 1. The molecule has 1 rings (SSSR count). The summed E-state index contributed by atoms with van der Waals surface area (Å²) in [4.78, 5) is 8.21. The molecule has 0 saturated heterocycles. The Morgan fingerprint density at radius 2 is 2.29 bits per heavy atom. The van der Waals surface area contributed by atoms with Crippen molar-refractivity contribution in [3.63, 3.8) is 0 Å². The molecule has 0 saturated carbocycles. The number of allylic oxidation sites excluding steroid dienone is 4. The van der Waals surface area contributed by atoms with Gasteiger partial charge in [0.25, 0.3) is 0 Å². The zero-order valence-corrected chi connectivity index (χ0v) is 14.3. The molecule has 5 nitrogen and oxygen atoms in total. The molecule has 1 heterocycles. The lowest BCUT2D eigenvalue weighted by Gasteiger charge is -2.15. The molecule has 0 radical (unpaired) electrons. The molecular weight excluding hydrogens is 329 g/mol. The van der Waals surface area contributed by atoms with Crippen molar-refractivity contribution in [2.24, 2.45) is 22.4 Å². The highest BCUT2D eigenvalue weighted by atomic mass is 35.5. The Labute approximate surface area is 138 Å². The molecule has 0 fully saturated rings. The number of hydrogen-bond acceptors (Lipinski definition) is 4.